The van der Waals surface area contributed by atoms with Gasteiger partial charge >= 0.3 is 5.97 Å². The number of benzene rings is 1. The summed E-state index contributed by atoms with van der Waals surface area (Å²) in [5.74, 6) is -0.722. The first-order chi connectivity index (χ1) is 10.7. The molecule has 1 N–H and O–H groups in total. The molecule has 1 saturated heterocycles. The third kappa shape index (κ3) is 2.88. The maximum atomic E-state index is 11.9. The van der Waals surface area contributed by atoms with Crippen LogP contribution in [0.5, 0.6) is 0 Å². The maximum absolute atomic E-state index is 11.9. The van der Waals surface area contributed by atoms with Crippen LogP contribution < -0.4 is 0 Å². The lowest BCUT2D eigenvalue weighted by atomic mass is 9.74. The Morgan fingerprint density at radius 3 is 2.50 bits per heavy atom. The van der Waals surface area contributed by atoms with Gasteiger partial charge < -0.3 is 9.84 Å². The second-order valence-corrected chi connectivity index (χ2v) is 5.77. The van der Waals surface area contributed by atoms with Crippen molar-refractivity contribution in [2.45, 2.75) is 19.3 Å². The molecular weight excluding hydrogens is 278 g/mol. The van der Waals surface area contributed by atoms with Crippen LogP contribution in [0.1, 0.15) is 18.4 Å². The van der Waals surface area contributed by atoms with E-state index in [1.54, 1.807) is 12.4 Å². The number of pyridine rings is 1. The van der Waals surface area contributed by atoms with Gasteiger partial charge in [-0.2, -0.15) is 0 Å². The van der Waals surface area contributed by atoms with Gasteiger partial charge in [0.2, 0.25) is 0 Å². The van der Waals surface area contributed by atoms with Gasteiger partial charge in [0.15, 0.2) is 0 Å². The number of carbonyl (C=O) groups is 1. The highest BCUT2D eigenvalue weighted by Crippen LogP contribution is 2.37. The Hall–Kier alpha value is -2.20. The molecule has 0 aliphatic carbocycles. The Morgan fingerprint density at radius 2 is 1.82 bits per heavy atom. The second-order valence-electron chi connectivity index (χ2n) is 5.77. The molecule has 22 heavy (non-hydrogen) atoms. The number of ether oxygens (including phenoxy) is 1. The lowest BCUT2D eigenvalue weighted by Gasteiger charge is -2.33. The number of hydrogen-bond donors (Lipinski definition) is 1. The molecule has 0 spiro atoms. The molecule has 3 rings (SSSR count). The largest absolute Gasteiger partial charge is 0.481 e. The molecule has 2 aromatic rings. The molecule has 0 atom stereocenters. The third-order valence-electron chi connectivity index (χ3n) is 4.44. The molecule has 1 aromatic heterocycles. The first kappa shape index (κ1) is 14.7. The minimum Gasteiger partial charge on any atom is -0.481 e. The lowest BCUT2D eigenvalue weighted by Crippen LogP contribution is -2.39. The second kappa shape index (κ2) is 6.28. The van der Waals surface area contributed by atoms with Crippen molar-refractivity contribution in [1.29, 1.82) is 0 Å². The SMILES string of the molecule is O=C(O)C1(Cc2ccccc2-c2ccncc2)CCOCC1. The molecule has 1 aliphatic rings. The van der Waals surface area contributed by atoms with Crippen molar-refractivity contribution < 1.29 is 14.6 Å². The number of aromatic nitrogens is 1. The lowest BCUT2D eigenvalue weighted by molar-refractivity contribution is -0.154. The van der Waals surface area contributed by atoms with Crippen LogP contribution in [0, 0.1) is 5.41 Å². The highest BCUT2D eigenvalue weighted by atomic mass is 16.5. The van der Waals surface area contributed by atoms with Crippen LogP contribution in [0.2, 0.25) is 0 Å². The summed E-state index contributed by atoms with van der Waals surface area (Å²) in [6, 6.07) is 11.9. The van der Waals surface area contributed by atoms with Crippen LogP contribution in [-0.4, -0.2) is 29.3 Å². The Morgan fingerprint density at radius 1 is 1.14 bits per heavy atom. The monoisotopic (exact) mass is 297 g/mol. The van der Waals surface area contributed by atoms with E-state index in [2.05, 4.69) is 4.98 Å². The molecular formula is C18H19NO3. The predicted octanol–water partition coefficient (Wildman–Crippen LogP) is 3.17. The minimum atomic E-state index is -0.722. The summed E-state index contributed by atoms with van der Waals surface area (Å²) in [6.07, 6.45) is 5.17. The molecule has 0 amide bonds. The molecule has 0 bridgehead atoms. The van der Waals surface area contributed by atoms with E-state index >= 15 is 0 Å². The smallest absolute Gasteiger partial charge is 0.310 e. The summed E-state index contributed by atoms with van der Waals surface area (Å²) in [7, 11) is 0. The van der Waals surface area contributed by atoms with Crippen molar-refractivity contribution in [3.05, 3.63) is 54.4 Å². The van der Waals surface area contributed by atoms with Crippen LogP contribution in [0.4, 0.5) is 0 Å². The molecule has 4 heteroatoms. The predicted molar refractivity (Wildman–Crippen MR) is 83.5 cm³/mol. The van der Waals surface area contributed by atoms with E-state index in [0.29, 0.717) is 32.5 Å². The zero-order valence-electron chi connectivity index (χ0n) is 12.4. The number of hydrogen-bond acceptors (Lipinski definition) is 3. The average molecular weight is 297 g/mol. The Balaban J connectivity index is 1.97. The normalized spacial score (nSPS) is 17.1. The van der Waals surface area contributed by atoms with Gasteiger partial charge in [0.05, 0.1) is 5.41 Å². The maximum Gasteiger partial charge on any atom is 0.310 e. The molecule has 4 nitrogen and oxygen atoms in total. The third-order valence-corrected chi connectivity index (χ3v) is 4.44. The first-order valence-electron chi connectivity index (χ1n) is 7.51. The minimum absolute atomic E-state index is 0.518. The summed E-state index contributed by atoms with van der Waals surface area (Å²) >= 11 is 0. The Labute approximate surface area is 129 Å². The fourth-order valence-electron chi connectivity index (χ4n) is 3.08. The van der Waals surface area contributed by atoms with E-state index in [1.807, 2.05) is 36.4 Å². The van der Waals surface area contributed by atoms with Gasteiger partial charge in [-0.3, -0.25) is 9.78 Å². The number of carboxylic acid groups (broad SMARTS) is 1. The Bertz CT molecular complexity index is 648. The van der Waals surface area contributed by atoms with Gasteiger partial charge in [-0.05, 0) is 48.1 Å². The zero-order chi connectivity index (χ0) is 15.4. The molecule has 1 fully saturated rings. The van der Waals surface area contributed by atoms with E-state index in [9.17, 15) is 9.90 Å². The van der Waals surface area contributed by atoms with Crippen molar-refractivity contribution in [1.82, 2.24) is 4.98 Å². The standard InChI is InChI=1S/C18H19NO3/c20-17(21)18(7-11-22-12-8-18)13-15-3-1-2-4-16(15)14-5-9-19-10-6-14/h1-6,9-10H,7-8,11-13H2,(H,20,21). The molecule has 0 radical (unpaired) electrons. The summed E-state index contributed by atoms with van der Waals surface area (Å²) in [5, 5.41) is 9.75. The van der Waals surface area contributed by atoms with Crippen LogP contribution in [-0.2, 0) is 16.0 Å². The van der Waals surface area contributed by atoms with Gasteiger partial charge in [-0.1, -0.05) is 24.3 Å². The topological polar surface area (TPSA) is 59.4 Å². The number of aliphatic carboxylic acids is 1. The highest BCUT2D eigenvalue weighted by Gasteiger charge is 2.40. The molecule has 1 aliphatic heterocycles. The van der Waals surface area contributed by atoms with Crippen LogP contribution in [0.15, 0.2) is 48.8 Å². The van der Waals surface area contributed by atoms with Gasteiger partial charge in [0.25, 0.3) is 0 Å². The number of nitrogens with zero attached hydrogens (tertiary/aromatic N) is 1. The zero-order valence-corrected chi connectivity index (χ0v) is 12.4. The number of rotatable bonds is 4. The van der Waals surface area contributed by atoms with Gasteiger partial charge in [-0.15, -0.1) is 0 Å². The summed E-state index contributed by atoms with van der Waals surface area (Å²) in [6.45, 7) is 1.04. The van der Waals surface area contributed by atoms with E-state index in [0.717, 1.165) is 16.7 Å². The molecule has 2 heterocycles. The van der Waals surface area contributed by atoms with Crippen molar-refractivity contribution in [2.75, 3.05) is 13.2 Å². The van der Waals surface area contributed by atoms with E-state index < -0.39 is 11.4 Å². The fourth-order valence-corrected chi connectivity index (χ4v) is 3.08. The Kier molecular flexibility index (Phi) is 4.20. The molecule has 0 unspecified atom stereocenters. The quantitative estimate of drug-likeness (QED) is 0.941. The van der Waals surface area contributed by atoms with Crippen molar-refractivity contribution >= 4 is 5.97 Å². The van der Waals surface area contributed by atoms with Gasteiger partial charge in [0, 0.05) is 25.6 Å². The van der Waals surface area contributed by atoms with E-state index in [1.165, 1.54) is 0 Å². The fraction of sp³-hybridized carbons (Fsp3) is 0.333. The first-order valence-corrected chi connectivity index (χ1v) is 7.51. The summed E-state index contributed by atoms with van der Waals surface area (Å²) in [5.41, 5.74) is 2.50. The highest BCUT2D eigenvalue weighted by molar-refractivity contribution is 5.76. The van der Waals surface area contributed by atoms with E-state index in [-0.39, 0.29) is 0 Å². The number of carboxylic acids is 1. The van der Waals surface area contributed by atoms with Crippen molar-refractivity contribution in [3.63, 3.8) is 0 Å². The molecule has 114 valence electrons. The molecule has 0 saturated carbocycles. The van der Waals surface area contributed by atoms with Crippen LogP contribution in [0.25, 0.3) is 11.1 Å². The van der Waals surface area contributed by atoms with Crippen molar-refractivity contribution in [2.24, 2.45) is 5.41 Å². The van der Waals surface area contributed by atoms with Gasteiger partial charge in [0.1, 0.15) is 0 Å². The van der Waals surface area contributed by atoms with Gasteiger partial charge in [-0.25, -0.2) is 0 Å². The van der Waals surface area contributed by atoms with Crippen LogP contribution >= 0.6 is 0 Å². The summed E-state index contributed by atoms with van der Waals surface area (Å²) < 4.78 is 5.36. The van der Waals surface area contributed by atoms with E-state index in [4.69, 9.17) is 4.74 Å². The van der Waals surface area contributed by atoms with Crippen LogP contribution in [0.3, 0.4) is 0 Å². The van der Waals surface area contributed by atoms with Crippen molar-refractivity contribution in [3.8, 4) is 11.1 Å². The molecule has 1 aromatic carbocycles. The average Bonchev–Trinajstić information content (AvgIpc) is 2.57. The summed E-state index contributed by atoms with van der Waals surface area (Å²) in [4.78, 5) is 15.9.